The van der Waals surface area contributed by atoms with E-state index in [0.717, 1.165) is 25.6 Å². The zero-order chi connectivity index (χ0) is 16.8. The molecule has 1 saturated heterocycles. The molecular weight excluding hydrogens is 431 g/mol. The van der Waals surface area contributed by atoms with Crippen LogP contribution in [-0.4, -0.2) is 95.2 Å². The molecule has 0 radical (unpaired) electrons. The molecule has 0 saturated carbocycles. The highest BCUT2D eigenvalue weighted by Gasteiger charge is 2.40. The van der Waals surface area contributed by atoms with E-state index >= 15 is 0 Å². The third-order valence-electron chi connectivity index (χ3n) is 4.01. The van der Waals surface area contributed by atoms with Gasteiger partial charge in [-0.2, -0.15) is 0 Å². The van der Waals surface area contributed by atoms with Crippen molar-refractivity contribution < 1.29 is 13.2 Å². The summed E-state index contributed by atoms with van der Waals surface area (Å²) in [5.74, 6) is 0.942. The lowest BCUT2D eigenvalue weighted by atomic mass is 10.2. The minimum absolute atomic E-state index is 0. The van der Waals surface area contributed by atoms with Gasteiger partial charge >= 0.3 is 0 Å². The van der Waals surface area contributed by atoms with E-state index in [1.807, 2.05) is 11.9 Å². The van der Waals surface area contributed by atoms with E-state index in [4.69, 9.17) is 4.74 Å². The fourth-order valence-corrected chi connectivity index (χ4v) is 3.74. The van der Waals surface area contributed by atoms with Gasteiger partial charge in [0.15, 0.2) is 15.8 Å². The van der Waals surface area contributed by atoms with Crippen molar-refractivity contribution in [2.24, 2.45) is 4.99 Å². The van der Waals surface area contributed by atoms with Crippen molar-refractivity contribution in [1.82, 2.24) is 15.1 Å². The standard InChI is InChI=1S/C14H30N4O3S.HI/c1-14(2)12-18(9-11-22(14,19)20)13(15-3)16-6-7-17(4)8-10-21-5;/h6-12H2,1-5H3,(H,15,16);1H. The number of methoxy groups -OCH3 is 1. The number of halogens is 1. The summed E-state index contributed by atoms with van der Waals surface area (Å²) in [6.45, 7) is 7.74. The molecule has 138 valence electrons. The van der Waals surface area contributed by atoms with Crippen LogP contribution in [0.15, 0.2) is 4.99 Å². The van der Waals surface area contributed by atoms with Gasteiger partial charge in [-0.25, -0.2) is 8.42 Å². The monoisotopic (exact) mass is 462 g/mol. The van der Waals surface area contributed by atoms with Crippen molar-refractivity contribution in [2.45, 2.75) is 18.6 Å². The van der Waals surface area contributed by atoms with E-state index in [2.05, 4.69) is 15.2 Å². The maximum absolute atomic E-state index is 12.1. The van der Waals surface area contributed by atoms with Gasteiger partial charge in [0.1, 0.15) is 0 Å². The lowest BCUT2D eigenvalue weighted by molar-refractivity contribution is 0.162. The molecule has 1 N–H and O–H groups in total. The molecule has 0 bridgehead atoms. The predicted octanol–water partition coefficient (Wildman–Crippen LogP) is 0.267. The second-order valence-electron chi connectivity index (χ2n) is 6.27. The molecule has 7 nitrogen and oxygen atoms in total. The largest absolute Gasteiger partial charge is 0.383 e. The summed E-state index contributed by atoms with van der Waals surface area (Å²) in [5, 5.41) is 3.31. The topological polar surface area (TPSA) is 74.2 Å². The van der Waals surface area contributed by atoms with Crippen LogP contribution >= 0.6 is 24.0 Å². The minimum Gasteiger partial charge on any atom is -0.383 e. The molecule has 1 fully saturated rings. The number of hydrogen-bond donors (Lipinski definition) is 1. The van der Waals surface area contributed by atoms with Crippen LogP contribution in [0.2, 0.25) is 0 Å². The third kappa shape index (κ3) is 6.71. The van der Waals surface area contributed by atoms with Crippen LogP contribution in [0.1, 0.15) is 13.8 Å². The van der Waals surface area contributed by atoms with Gasteiger partial charge in [-0.15, -0.1) is 24.0 Å². The molecule has 0 aromatic rings. The Labute approximate surface area is 157 Å². The molecular formula is C14H31IN4O3S. The molecule has 9 heteroatoms. The van der Waals surface area contributed by atoms with Crippen molar-refractivity contribution in [3.8, 4) is 0 Å². The molecule has 0 aromatic heterocycles. The van der Waals surface area contributed by atoms with E-state index in [1.165, 1.54) is 0 Å². The lowest BCUT2D eigenvalue weighted by Gasteiger charge is -2.39. The molecule has 0 spiro atoms. The molecule has 0 amide bonds. The SMILES string of the molecule is CN=C(NCCN(C)CCOC)N1CCS(=O)(=O)C(C)(C)C1.I. The van der Waals surface area contributed by atoms with Gasteiger partial charge < -0.3 is 19.9 Å². The summed E-state index contributed by atoms with van der Waals surface area (Å²) in [6.07, 6.45) is 0. The normalized spacial score (nSPS) is 20.3. The number of aliphatic imine (C=N–C) groups is 1. The number of rotatable bonds is 6. The maximum Gasteiger partial charge on any atom is 0.193 e. The maximum atomic E-state index is 12.1. The quantitative estimate of drug-likeness (QED) is 0.347. The number of ether oxygens (including phenoxy) is 1. The van der Waals surface area contributed by atoms with E-state index in [0.29, 0.717) is 19.7 Å². The first-order valence-electron chi connectivity index (χ1n) is 7.59. The summed E-state index contributed by atoms with van der Waals surface area (Å²) in [5.41, 5.74) is 0. The molecule has 23 heavy (non-hydrogen) atoms. The lowest BCUT2D eigenvalue weighted by Crippen LogP contribution is -2.57. The Hall–Kier alpha value is -0.130. The molecule has 0 unspecified atom stereocenters. The molecule has 0 aromatic carbocycles. The van der Waals surface area contributed by atoms with Crippen LogP contribution in [0.3, 0.4) is 0 Å². The van der Waals surface area contributed by atoms with Crippen LogP contribution in [0.25, 0.3) is 0 Å². The number of likely N-dealkylation sites (N-methyl/N-ethyl adjacent to an activating group) is 1. The van der Waals surface area contributed by atoms with Crippen molar-refractivity contribution in [3.05, 3.63) is 0 Å². The predicted molar refractivity (Wildman–Crippen MR) is 106 cm³/mol. The zero-order valence-electron chi connectivity index (χ0n) is 14.8. The Bertz CT molecular complexity index is 482. The first-order valence-corrected chi connectivity index (χ1v) is 9.24. The molecule has 1 aliphatic heterocycles. The number of nitrogens with one attached hydrogen (secondary N) is 1. The fourth-order valence-electron chi connectivity index (χ4n) is 2.37. The first-order chi connectivity index (χ1) is 10.2. The average Bonchev–Trinajstić information content (AvgIpc) is 2.44. The van der Waals surface area contributed by atoms with Crippen LogP contribution in [0.4, 0.5) is 0 Å². The number of nitrogens with zero attached hydrogens (tertiary/aromatic N) is 3. The fraction of sp³-hybridized carbons (Fsp3) is 0.929. The van der Waals surface area contributed by atoms with E-state index in [-0.39, 0.29) is 29.7 Å². The van der Waals surface area contributed by atoms with E-state index in [1.54, 1.807) is 28.0 Å². The smallest absolute Gasteiger partial charge is 0.193 e. The highest BCUT2D eigenvalue weighted by molar-refractivity contribution is 14.0. The summed E-state index contributed by atoms with van der Waals surface area (Å²) in [6, 6.07) is 0. The van der Waals surface area contributed by atoms with Gasteiger partial charge in [-0.1, -0.05) is 0 Å². The van der Waals surface area contributed by atoms with Crippen molar-refractivity contribution >= 4 is 39.8 Å². The summed E-state index contributed by atoms with van der Waals surface area (Å²) < 4.78 is 28.4. The minimum atomic E-state index is -3.03. The second kappa shape index (κ2) is 10.00. The van der Waals surface area contributed by atoms with Gasteiger partial charge in [-0.3, -0.25) is 4.99 Å². The Morgan fingerprint density at radius 1 is 1.39 bits per heavy atom. The van der Waals surface area contributed by atoms with Crippen LogP contribution in [0, 0.1) is 0 Å². The Kier molecular flexibility index (Phi) is 9.94. The van der Waals surface area contributed by atoms with E-state index in [9.17, 15) is 8.42 Å². The highest BCUT2D eigenvalue weighted by atomic mass is 127. The number of hydrogen-bond acceptors (Lipinski definition) is 5. The average molecular weight is 462 g/mol. The van der Waals surface area contributed by atoms with Crippen LogP contribution in [0.5, 0.6) is 0 Å². The van der Waals surface area contributed by atoms with Crippen LogP contribution in [-0.2, 0) is 14.6 Å². The van der Waals surface area contributed by atoms with Crippen molar-refractivity contribution in [3.63, 3.8) is 0 Å². The highest BCUT2D eigenvalue weighted by Crippen LogP contribution is 2.23. The Balaban J connectivity index is 0.00000484. The summed E-state index contributed by atoms with van der Waals surface area (Å²) >= 11 is 0. The molecule has 1 rings (SSSR count). The van der Waals surface area contributed by atoms with Gasteiger partial charge in [0.2, 0.25) is 0 Å². The Morgan fingerprint density at radius 3 is 2.57 bits per heavy atom. The summed E-state index contributed by atoms with van der Waals surface area (Å²) in [4.78, 5) is 8.48. The Morgan fingerprint density at radius 2 is 2.04 bits per heavy atom. The molecule has 0 aliphatic carbocycles. The van der Waals surface area contributed by atoms with Crippen LogP contribution < -0.4 is 5.32 Å². The molecule has 1 heterocycles. The number of guanidine groups is 1. The van der Waals surface area contributed by atoms with Gasteiger partial charge in [-0.05, 0) is 20.9 Å². The second-order valence-corrected chi connectivity index (χ2v) is 9.01. The summed E-state index contributed by atoms with van der Waals surface area (Å²) in [7, 11) is 2.44. The third-order valence-corrected chi connectivity index (χ3v) is 6.54. The zero-order valence-corrected chi connectivity index (χ0v) is 18.0. The van der Waals surface area contributed by atoms with E-state index < -0.39 is 14.6 Å². The van der Waals surface area contributed by atoms with Crippen molar-refractivity contribution in [1.29, 1.82) is 0 Å². The van der Waals surface area contributed by atoms with Gasteiger partial charge in [0.05, 0.1) is 17.1 Å². The number of sulfone groups is 1. The van der Waals surface area contributed by atoms with Gasteiger partial charge in [0, 0.05) is 46.9 Å². The molecule has 0 atom stereocenters. The van der Waals surface area contributed by atoms with Gasteiger partial charge in [0.25, 0.3) is 0 Å². The van der Waals surface area contributed by atoms with Crippen molar-refractivity contribution in [2.75, 3.05) is 66.3 Å². The first kappa shape index (κ1) is 22.9. The molecule has 1 aliphatic rings.